The van der Waals surface area contributed by atoms with Gasteiger partial charge in [-0.2, -0.15) is 0 Å². The third-order valence-electron chi connectivity index (χ3n) is 5.61. The number of hydrogen-bond acceptors (Lipinski definition) is 6. The van der Waals surface area contributed by atoms with E-state index in [1.165, 1.54) is 0 Å². The van der Waals surface area contributed by atoms with E-state index in [9.17, 15) is 9.35 Å². The van der Waals surface area contributed by atoms with Crippen molar-refractivity contribution in [3.05, 3.63) is 29.8 Å². The minimum atomic E-state index is -1.28. The van der Waals surface area contributed by atoms with Crippen LogP contribution in [-0.2, 0) is 31.2 Å². The van der Waals surface area contributed by atoms with Gasteiger partial charge in [0, 0.05) is 26.0 Å². The number of benzene rings is 1. The molecular weight excluding hydrogens is 430 g/mol. The molecule has 174 valence electrons. The van der Waals surface area contributed by atoms with Crippen LogP contribution in [0.2, 0.25) is 25.7 Å². The van der Waals surface area contributed by atoms with Crippen molar-refractivity contribution in [2.45, 2.75) is 69.6 Å². The Labute approximate surface area is 190 Å². The fraction of sp³-hybridized carbons (Fsp3) is 0.696. The maximum Gasteiger partial charge on any atom is 0.314 e. The maximum atomic E-state index is 13.5. The highest BCUT2D eigenvalue weighted by molar-refractivity contribution is 7.90. The van der Waals surface area contributed by atoms with Gasteiger partial charge in [0.05, 0.1) is 19.1 Å². The summed E-state index contributed by atoms with van der Waals surface area (Å²) in [6, 6.07) is 8.60. The summed E-state index contributed by atoms with van der Waals surface area (Å²) in [5.41, 5.74) is 0.479. The molecule has 1 saturated carbocycles. The molecule has 1 heterocycles. The molecular formula is C23H37NO5SSi. The van der Waals surface area contributed by atoms with Crippen LogP contribution in [0, 0.1) is 5.92 Å². The highest BCUT2D eigenvalue weighted by Gasteiger charge is 2.54. The van der Waals surface area contributed by atoms with Gasteiger partial charge >= 0.3 is 5.97 Å². The largest absolute Gasteiger partial charge is 0.597 e. The molecule has 1 aromatic carbocycles. The number of esters is 1. The van der Waals surface area contributed by atoms with Crippen molar-refractivity contribution in [3.63, 3.8) is 0 Å². The Kier molecular flexibility index (Phi) is 7.60. The van der Waals surface area contributed by atoms with Gasteiger partial charge in [-0.15, -0.1) is 0 Å². The average molecular weight is 468 g/mol. The lowest BCUT2D eigenvalue weighted by Crippen LogP contribution is -2.64. The molecule has 1 unspecified atom stereocenters. The van der Waals surface area contributed by atoms with Gasteiger partial charge in [0.15, 0.2) is 0 Å². The zero-order chi connectivity index (χ0) is 22.9. The van der Waals surface area contributed by atoms with E-state index < -0.39 is 29.7 Å². The minimum Gasteiger partial charge on any atom is -0.597 e. The number of hydrogen-bond donors (Lipinski definition) is 0. The number of nitrogens with zero attached hydrogens (tertiary/aromatic N) is 1. The molecule has 0 spiro atoms. The summed E-state index contributed by atoms with van der Waals surface area (Å²) in [5, 5.41) is 0. The zero-order valence-corrected chi connectivity index (χ0v) is 21.5. The predicted octanol–water partition coefficient (Wildman–Crippen LogP) is 4.30. The van der Waals surface area contributed by atoms with Crippen LogP contribution in [0.1, 0.15) is 39.2 Å². The molecule has 1 aliphatic carbocycles. The second-order valence-corrected chi connectivity index (χ2v) is 18.6. The van der Waals surface area contributed by atoms with Gasteiger partial charge in [0.1, 0.15) is 22.8 Å². The quantitative estimate of drug-likeness (QED) is 0.128. The first-order valence-corrected chi connectivity index (χ1v) is 15.9. The van der Waals surface area contributed by atoms with Crippen LogP contribution in [0.3, 0.4) is 0 Å². The lowest BCUT2D eigenvalue weighted by molar-refractivity contribution is -0.139. The van der Waals surface area contributed by atoms with Crippen molar-refractivity contribution in [3.8, 4) is 5.75 Å². The molecule has 1 aliphatic heterocycles. The summed E-state index contributed by atoms with van der Waals surface area (Å²) in [6.45, 7) is 14.8. The van der Waals surface area contributed by atoms with E-state index in [0.717, 1.165) is 24.4 Å². The van der Waals surface area contributed by atoms with Gasteiger partial charge in [-0.05, 0) is 57.4 Å². The van der Waals surface area contributed by atoms with Crippen LogP contribution < -0.4 is 4.74 Å². The Morgan fingerprint density at radius 3 is 2.29 bits per heavy atom. The smallest absolute Gasteiger partial charge is 0.314 e. The first-order valence-electron chi connectivity index (χ1n) is 11.1. The van der Waals surface area contributed by atoms with Crippen LogP contribution in [-0.4, -0.2) is 54.2 Å². The molecule has 1 aromatic rings. The van der Waals surface area contributed by atoms with Gasteiger partial charge in [0.25, 0.3) is 0 Å². The van der Waals surface area contributed by atoms with Crippen LogP contribution in [0.15, 0.2) is 24.3 Å². The van der Waals surface area contributed by atoms with Crippen LogP contribution >= 0.6 is 0 Å². The molecule has 2 aliphatic rings. The molecule has 3 rings (SSSR count). The normalized spacial score (nSPS) is 19.7. The Morgan fingerprint density at radius 2 is 1.84 bits per heavy atom. The van der Waals surface area contributed by atoms with Crippen molar-refractivity contribution >= 4 is 25.4 Å². The molecule has 0 bridgehead atoms. The van der Waals surface area contributed by atoms with Gasteiger partial charge in [-0.25, -0.2) is 0 Å². The van der Waals surface area contributed by atoms with Crippen molar-refractivity contribution in [1.82, 2.24) is 4.31 Å². The summed E-state index contributed by atoms with van der Waals surface area (Å²) < 4.78 is 32.2. The Hall–Kier alpha value is -0.903. The Bertz CT molecular complexity index is 751. The fourth-order valence-electron chi connectivity index (χ4n) is 3.29. The van der Waals surface area contributed by atoms with Gasteiger partial charge in [0.2, 0.25) is 0 Å². The van der Waals surface area contributed by atoms with Gasteiger partial charge < -0.3 is 18.8 Å². The van der Waals surface area contributed by atoms with E-state index in [4.69, 9.17) is 14.2 Å². The summed E-state index contributed by atoms with van der Waals surface area (Å²) in [5.74, 6) is 0.454. The van der Waals surface area contributed by atoms with Crippen LogP contribution in [0.5, 0.6) is 5.75 Å². The highest BCUT2D eigenvalue weighted by atomic mass is 32.2. The van der Waals surface area contributed by atoms with E-state index >= 15 is 0 Å². The van der Waals surface area contributed by atoms with Gasteiger partial charge in [-0.1, -0.05) is 36.1 Å². The summed E-state index contributed by atoms with van der Waals surface area (Å²) in [6.07, 6.45) is 1.84. The van der Waals surface area contributed by atoms with E-state index in [2.05, 4.69) is 19.6 Å². The molecule has 1 saturated heterocycles. The number of carbonyl (C=O) groups excluding carboxylic acids is 1. The van der Waals surface area contributed by atoms with Crippen LogP contribution in [0.4, 0.5) is 0 Å². The molecule has 0 N–H and O–H groups in total. The van der Waals surface area contributed by atoms with E-state index in [1.807, 2.05) is 49.3 Å². The maximum absolute atomic E-state index is 13.5. The third kappa shape index (κ3) is 6.33. The molecule has 0 aromatic heterocycles. The van der Waals surface area contributed by atoms with Crippen molar-refractivity contribution < 1.29 is 23.6 Å². The molecule has 2 fully saturated rings. The standard InChI is InChI=1S/C23H37NO5SSi/c1-22(2,3)30(26)24(17-27-13-14-31(4,5)6)23(15-28-16-23)19-9-11-20(12-10-19)29-21(25)18-7-8-18/h9-12,18H,7-8,13-17H2,1-6H3. The predicted molar refractivity (Wildman–Crippen MR) is 126 cm³/mol. The van der Waals surface area contributed by atoms with Crippen molar-refractivity contribution in [1.29, 1.82) is 0 Å². The molecule has 8 heteroatoms. The molecule has 1 atom stereocenters. The average Bonchev–Trinajstić information content (AvgIpc) is 3.47. The highest BCUT2D eigenvalue weighted by Crippen LogP contribution is 2.41. The van der Waals surface area contributed by atoms with E-state index in [1.54, 1.807) is 0 Å². The topological polar surface area (TPSA) is 71.1 Å². The number of rotatable bonds is 10. The lowest BCUT2D eigenvalue weighted by Gasteiger charge is -2.49. The Morgan fingerprint density at radius 1 is 1.23 bits per heavy atom. The van der Waals surface area contributed by atoms with Crippen LogP contribution in [0.25, 0.3) is 0 Å². The minimum absolute atomic E-state index is 0.0593. The van der Waals surface area contributed by atoms with Gasteiger partial charge in [-0.3, -0.25) is 4.79 Å². The SMILES string of the molecule is CC(C)(C)[S+]([O-])N(COCC[Si](C)(C)C)C1(c2ccc(OC(=O)C3CC3)cc2)COC1. The second kappa shape index (κ2) is 9.53. The fourth-order valence-corrected chi connectivity index (χ4v) is 5.40. The first kappa shape index (κ1) is 24.7. The summed E-state index contributed by atoms with van der Waals surface area (Å²) >= 11 is -1.28. The van der Waals surface area contributed by atoms with Crippen molar-refractivity contribution in [2.75, 3.05) is 26.6 Å². The molecule has 0 amide bonds. The number of carbonyl (C=O) groups is 1. The second-order valence-electron chi connectivity index (χ2n) is 10.8. The third-order valence-corrected chi connectivity index (χ3v) is 9.22. The Balaban J connectivity index is 1.76. The lowest BCUT2D eigenvalue weighted by atomic mass is 9.88. The monoisotopic (exact) mass is 467 g/mol. The molecule has 31 heavy (non-hydrogen) atoms. The summed E-state index contributed by atoms with van der Waals surface area (Å²) in [4.78, 5) is 11.9. The van der Waals surface area contributed by atoms with Crippen molar-refractivity contribution in [2.24, 2.45) is 5.92 Å². The zero-order valence-electron chi connectivity index (χ0n) is 19.7. The summed E-state index contributed by atoms with van der Waals surface area (Å²) in [7, 11) is -1.21. The molecule has 6 nitrogen and oxygen atoms in total. The first-order chi connectivity index (χ1) is 14.4. The van der Waals surface area contributed by atoms with E-state index in [-0.39, 0.29) is 18.6 Å². The molecule has 0 radical (unpaired) electrons. The number of ether oxygens (including phenoxy) is 3. The van der Waals surface area contributed by atoms with E-state index in [0.29, 0.717) is 25.6 Å².